The normalized spacial score (nSPS) is 18.3. The summed E-state index contributed by atoms with van der Waals surface area (Å²) >= 11 is 0. The number of fused-ring (bicyclic) bond motifs is 3. The highest BCUT2D eigenvalue weighted by molar-refractivity contribution is 6.04. The van der Waals surface area contributed by atoms with Crippen molar-refractivity contribution in [3.63, 3.8) is 0 Å². The van der Waals surface area contributed by atoms with Gasteiger partial charge < -0.3 is 15.6 Å². The minimum atomic E-state index is -1.95. The lowest BCUT2D eigenvalue weighted by molar-refractivity contribution is -0.166. The third kappa shape index (κ3) is 2.42. The Morgan fingerprint density at radius 3 is 2.04 bits per heavy atom. The molecule has 2 aliphatic carbocycles. The molecule has 1 saturated carbocycles. The van der Waals surface area contributed by atoms with E-state index in [9.17, 15) is 14.7 Å². The van der Waals surface area contributed by atoms with E-state index in [2.05, 4.69) is 12.1 Å². The molecule has 2 aromatic rings. The van der Waals surface area contributed by atoms with Gasteiger partial charge in [0.05, 0.1) is 0 Å². The molecule has 0 heterocycles. The van der Waals surface area contributed by atoms with E-state index in [1.807, 2.05) is 36.4 Å². The summed E-state index contributed by atoms with van der Waals surface area (Å²) in [5.41, 5.74) is 8.46. The molecule has 1 atom stereocenters. The fraction of sp³-hybridized carbons (Fsp3) is 0.333. The molecule has 0 bridgehead atoms. The van der Waals surface area contributed by atoms with E-state index >= 15 is 0 Å². The van der Waals surface area contributed by atoms with E-state index in [-0.39, 0.29) is 18.4 Å². The summed E-state index contributed by atoms with van der Waals surface area (Å²) in [6.45, 7) is 0.0891. The van der Waals surface area contributed by atoms with Gasteiger partial charge in [-0.15, -0.1) is 0 Å². The molecule has 1 fully saturated rings. The number of aliphatic carboxylic acids is 1. The molecule has 26 heavy (non-hydrogen) atoms. The highest BCUT2D eigenvalue weighted by Crippen LogP contribution is 2.45. The molecule has 0 radical (unpaired) electrons. The van der Waals surface area contributed by atoms with E-state index in [0.29, 0.717) is 12.8 Å². The number of carboxylic acid groups (broad SMARTS) is 1. The zero-order valence-corrected chi connectivity index (χ0v) is 14.4. The maximum absolute atomic E-state index is 12.6. The van der Waals surface area contributed by atoms with Crippen molar-refractivity contribution in [2.24, 2.45) is 11.7 Å². The number of ether oxygens (including phenoxy) is 1. The summed E-state index contributed by atoms with van der Waals surface area (Å²) in [6, 6.07) is 16.0. The third-order valence-electron chi connectivity index (χ3n) is 5.78. The van der Waals surface area contributed by atoms with Crippen molar-refractivity contribution in [1.82, 2.24) is 0 Å². The van der Waals surface area contributed by atoms with Crippen LogP contribution in [0.2, 0.25) is 0 Å². The van der Waals surface area contributed by atoms with Crippen LogP contribution in [0.3, 0.4) is 0 Å². The molecule has 3 N–H and O–H groups in total. The average molecular weight is 351 g/mol. The lowest BCUT2D eigenvalue weighted by Gasteiger charge is -2.37. The maximum Gasteiger partial charge on any atom is 0.338 e. The number of carbonyl (C=O) groups excluding carboxylic acids is 1. The average Bonchev–Trinajstić information content (AvgIpc) is 2.92. The molecule has 5 heteroatoms. The minimum Gasteiger partial charge on any atom is -0.479 e. The topological polar surface area (TPSA) is 89.6 Å². The van der Waals surface area contributed by atoms with E-state index in [1.165, 1.54) is 0 Å². The maximum atomic E-state index is 12.6. The Balaban J connectivity index is 1.58. The lowest BCUT2D eigenvalue weighted by Crippen LogP contribution is -2.62. The minimum absolute atomic E-state index is 0.0891. The molecule has 0 amide bonds. The smallest absolute Gasteiger partial charge is 0.338 e. The molecule has 0 spiro atoms. The number of esters is 1. The van der Waals surface area contributed by atoms with Crippen LogP contribution in [-0.4, -0.2) is 29.2 Å². The van der Waals surface area contributed by atoms with Gasteiger partial charge in [0.25, 0.3) is 0 Å². The van der Waals surface area contributed by atoms with Crippen LogP contribution in [0.15, 0.2) is 48.5 Å². The molecular weight excluding hydrogens is 330 g/mol. The van der Waals surface area contributed by atoms with Gasteiger partial charge in [0.2, 0.25) is 5.54 Å². The fourth-order valence-electron chi connectivity index (χ4n) is 4.01. The van der Waals surface area contributed by atoms with Gasteiger partial charge in [-0.3, -0.25) is 0 Å². The van der Waals surface area contributed by atoms with Gasteiger partial charge in [-0.05, 0) is 41.0 Å². The number of benzene rings is 2. The Labute approximate surface area is 151 Å². The van der Waals surface area contributed by atoms with Crippen LogP contribution in [0, 0.1) is 5.92 Å². The number of carboxylic acids is 1. The summed E-state index contributed by atoms with van der Waals surface area (Å²) in [4.78, 5) is 24.3. The largest absolute Gasteiger partial charge is 0.479 e. The van der Waals surface area contributed by atoms with Gasteiger partial charge in [-0.2, -0.15) is 0 Å². The van der Waals surface area contributed by atoms with Gasteiger partial charge in [0, 0.05) is 5.92 Å². The van der Waals surface area contributed by atoms with Crippen molar-refractivity contribution in [3.8, 4) is 11.1 Å². The molecular formula is C21H21NO4. The highest BCUT2D eigenvalue weighted by atomic mass is 16.5. The van der Waals surface area contributed by atoms with E-state index in [1.54, 1.807) is 0 Å². The van der Waals surface area contributed by atoms with E-state index in [4.69, 9.17) is 10.5 Å². The molecule has 0 aliphatic heterocycles. The second kappa shape index (κ2) is 6.25. The van der Waals surface area contributed by atoms with Crippen LogP contribution in [0.1, 0.15) is 36.3 Å². The van der Waals surface area contributed by atoms with Crippen molar-refractivity contribution < 1.29 is 19.4 Å². The Morgan fingerprint density at radius 2 is 1.58 bits per heavy atom. The molecule has 0 unspecified atom stereocenters. The van der Waals surface area contributed by atoms with Crippen molar-refractivity contribution in [2.75, 3.05) is 6.61 Å². The number of hydrogen-bond acceptors (Lipinski definition) is 4. The van der Waals surface area contributed by atoms with Crippen LogP contribution in [0.4, 0.5) is 0 Å². The molecule has 4 rings (SSSR count). The molecule has 2 aliphatic rings. The summed E-state index contributed by atoms with van der Waals surface area (Å²) in [6.07, 6.45) is 2.19. The molecule has 5 nitrogen and oxygen atoms in total. The van der Waals surface area contributed by atoms with Crippen molar-refractivity contribution in [1.29, 1.82) is 0 Å². The first-order valence-electron chi connectivity index (χ1n) is 8.91. The number of nitrogens with two attached hydrogens (primary N) is 1. The van der Waals surface area contributed by atoms with Crippen LogP contribution in [0.5, 0.6) is 0 Å². The highest BCUT2D eigenvalue weighted by Gasteiger charge is 2.53. The molecule has 0 aromatic heterocycles. The van der Waals surface area contributed by atoms with Crippen LogP contribution < -0.4 is 5.73 Å². The van der Waals surface area contributed by atoms with Crippen molar-refractivity contribution in [3.05, 3.63) is 59.7 Å². The number of hydrogen-bond donors (Lipinski definition) is 2. The first kappa shape index (κ1) is 16.8. The first-order valence-corrected chi connectivity index (χ1v) is 8.91. The van der Waals surface area contributed by atoms with Gasteiger partial charge in [-0.25, -0.2) is 9.59 Å². The molecule has 134 valence electrons. The van der Waals surface area contributed by atoms with Gasteiger partial charge >= 0.3 is 11.9 Å². The monoisotopic (exact) mass is 351 g/mol. The second-order valence-electron chi connectivity index (χ2n) is 7.13. The predicted molar refractivity (Wildman–Crippen MR) is 96.6 cm³/mol. The van der Waals surface area contributed by atoms with Crippen LogP contribution in [-0.2, 0) is 14.3 Å². The zero-order valence-electron chi connectivity index (χ0n) is 14.4. The Kier molecular flexibility index (Phi) is 4.04. The SMILES string of the molecule is N[C@@](C(=O)O)(C(=O)OCC1c2ccccc2-c2ccccc21)C1CCC1. The zero-order chi connectivity index (χ0) is 18.3. The van der Waals surface area contributed by atoms with Crippen molar-refractivity contribution >= 4 is 11.9 Å². The number of carbonyl (C=O) groups is 2. The Morgan fingerprint density at radius 1 is 1.04 bits per heavy atom. The standard InChI is InChI=1S/C21H21NO4/c22-21(19(23)24,13-6-5-7-13)20(25)26-12-18-16-10-3-1-8-14(16)15-9-2-4-11-17(15)18/h1-4,8-11,13,18H,5-7,12,22H2,(H,23,24)/t21-/m0/s1. The van der Waals surface area contributed by atoms with E-state index < -0.39 is 17.5 Å². The van der Waals surface area contributed by atoms with Gasteiger partial charge in [-0.1, -0.05) is 55.0 Å². The molecule has 2 aromatic carbocycles. The van der Waals surface area contributed by atoms with Gasteiger partial charge in [0.15, 0.2) is 0 Å². The fourth-order valence-corrected chi connectivity index (χ4v) is 4.01. The summed E-state index contributed by atoms with van der Waals surface area (Å²) < 4.78 is 5.48. The Bertz CT molecular complexity index is 828. The van der Waals surface area contributed by atoms with Gasteiger partial charge in [0.1, 0.15) is 6.61 Å². The Hall–Kier alpha value is -2.66. The van der Waals surface area contributed by atoms with Crippen molar-refractivity contribution in [2.45, 2.75) is 30.7 Å². The van der Waals surface area contributed by atoms with E-state index in [0.717, 1.165) is 28.7 Å². The quantitative estimate of drug-likeness (QED) is 0.638. The third-order valence-corrected chi connectivity index (χ3v) is 5.78. The summed E-state index contributed by atoms with van der Waals surface area (Å²) in [5, 5.41) is 9.52. The van der Waals surface area contributed by atoms with Crippen LogP contribution >= 0.6 is 0 Å². The first-order chi connectivity index (χ1) is 12.5. The summed E-state index contributed by atoms with van der Waals surface area (Å²) in [7, 11) is 0. The summed E-state index contributed by atoms with van der Waals surface area (Å²) in [5.74, 6) is -2.60. The number of rotatable bonds is 5. The van der Waals surface area contributed by atoms with Crippen LogP contribution in [0.25, 0.3) is 11.1 Å². The second-order valence-corrected chi connectivity index (χ2v) is 7.13. The lowest BCUT2D eigenvalue weighted by atomic mass is 9.71. The molecule has 0 saturated heterocycles. The predicted octanol–water partition coefficient (Wildman–Crippen LogP) is 2.92.